The smallest absolute Gasteiger partial charge is 0.235 e. The molecule has 0 aliphatic carbocycles. The van der Waals surface area contributed by atoms with Gasteiger partial charge in [0.2, 0.25) is 5.91 Å². The second-order valence-electron chi connectivity index (χ2n) is 4.44. The van der Waals surface area contributed by atoms with E-state index in [0.717, 1.165) is 12.2 Å². The summed E-state index contributed by atoms with van der Waals surface area (Å²) in [6, 6.07) is 9.15. The van der Waals surface area contributed by atoms with Gasteiger partial charge in [-0.2, -0.15) is 11.8 Å². The van der Waals surface area contributed by atoms with Crippen LogP contribution in [-0.4, -0.2) is 35.0 Å². The number of nitrogens with one attached hydrogen (secondary N) is 1. The van der Waals surface area contributed by atoms with E-state index in [0.29, 0.717) is 5.56 Å². The molecule has 5 nitrogen and oxygen atoms in total. The highest BCUT2D eigenvalue weighted by atomic mass is 32.2. The number of nitrogens with zero attached hydrogens (tertiary/aromatic N) is 1. The topological polar surface area (TPSA) is 87.7 Å². The standard InChI is InChI=1S/C14H21N3O2S/c1-3-11(9-20-2)16-14(18)12(13(15)17-19)10-7-5-4-6-8-10/h4-8,11-12,19H,3,9H2,1-2H3,(H2,15,17)(H,16,18). The molecule has 0 spiro atoms. The third-order valence-corrected chi connectivity index (χ3v) is 3.75. The van der Waals surface area contributed by atoms with Gasteiger partial charge in [0.25, 0.3) is 0 Å². The number of thioether (sulfide) groups is 1. The van der Waals surface area contributed by atoms with Crippen LogP contribution in [0.3, 0.4) is 0 Å². The molecule has 6 heteroatoms. The lowest BCUT2D eigenvalue weighted by Gasteiger charge is -2.21. The van der Waals surface area contributed by atoms with Crippen molar-refractivity contribution in [1.82, 2.24) is 5.32 Å². The Hall–Kier alpha value is -1.69. The van der Waals surface area contributed by atoms with E-state index in [2.05, 4.69) is 10.5 Å². The van der Waals surface area contributed by atoms with Gasteiger partial charge in [0, 0.05) is 11.8 Å². The first-order valence-corrected chi connectivity index (χ1v) is 7.85. The molecule has 2 unspecified atom stereocenters. The van der Waals surface area contributed by atoms with E-state index in [1.807, 2.05) is 31.4 Å². The maximum atomic E-state index is 12.4. The van der Waals surface area contributed by atoms with Crippen LogP contribution in [-0.2, 0) is 4.79 Å². The number of hydrogen-bond donors (Lipinski definition) is 3. The highest BCUT2D eigenvalue weighted by Gasteiger charge is 2.26. The van der Waals surface area contributed by atoms with Crippen molar-refractivity contribution in [3.05, 3.63) is 35.9 Å². The minimum absolute atomic E-state index is 0.0789. The fourth-order valence-corrected chi connectivity index (χ4v) is 2.63. The minimum Gasteiger partial charge on any atom is -0.409 e. The predicted octanol–water partition coefficient (Wildman–Crippen LogP) is 1.77. The van der Waals surface area contributed by atoms with Crippen LogP contribution in [0.15, 0.2) is 35.5 Å². The van der Waals surface area contributed by atoms with E-state index in [1.54, 1.807) is 23.9 Å². The largest absolute Gasteiger partial charge is 0.409 e. The summed E-state index contributed by atoms with van der Waals surface area (Å²) in [6.07, 6.45) is 2.83. The molecule has 1 aromatic rings. The van der Waals surface area contributed by atoms with Crippen LogP contribution in [0.2, 0.25) is 0 Å². The van der Waals surface area contributed by atoms with E-state index in [9.17, 15) is 4.79 Å². The van der Waals surface area contributed by atoms with Crippen LogP contribution in [0.4, 0.5) is 0 Å². The summed E-state index contributed by atoms with van der Waals surface area (Å²) in [4.78, 5) is 12.4. The van der Waals surface area contributed by atoms with E-state index in [-0.39, 0.29) is 17.8 Å². The average molecular weight is 295 g/mol. The summed E-state index contributed by atoms with van der Waals surface area (Å²) in [5.41, 5.74) is 6.38. The molecular weight excluding hydrogens is 274 g/mol. The van der Waals surface area contributed by atoms with Crippen molar-refractivity contribution in [3.8, 4) is 0 Å². The number of carbonyl (C=O) groups is 1. The number of nitrogens with two attached hydrogens (primary N) is 1. The van der Waals surface area contributed by atoms with E-state index in [4.69, 9.17) is 10.9 Å². The number of hydrogen-bond acceptors (Lipinski definition) is 4. The molecular formula is C14H21N3O2S. The second-order valence-corrected chi connectivity index (χ2v) is 5.35. The second kappa shape index (κ2) is 8.47. The molecule has 2 atom stereocenters. The van der Waals surface area contributed by atoms with Crippen LogP contribution in [0.5, 0.6) is 0 Å². The van der Waals surface area contributed by atoms with Crippen molar-refractivity contribution in [1.29, 1.82) is 0 Å². The Kier molecular flexibility index (Phi) is 6.93. The zero-order chi connectivity index (χ0) is 15.0. The first-order chi connectivity index (χ1) is 9.63. The lowest BCUT2D eigenvalue weighted by molar-refractivity contribution is -0.121. The van der Waals surface area contributed by atoms with Gasteiger partial charge in [0.05, 0.1) is 0 Å². The normalized spacial score (nSPS) is 14.6. The maximum absolute atomic E-state index is 12.4. The molecule has 0 saturated carbocycles. The molecule has 0 fully saturated rings. The molecule has 4 N–H and O–H groups in total. The van der Waals surface area contributed by atoms with Gasteiger partial charge in [0.15, 0.2) is 5.84 Å². The predicted molar refractivity (Wildman–Crippen MR) is 83.2 cm³/mol. The van der Waals surface area contributed by atoms with Crippen molar-refractivity contribution in [2.75, 3.05) is 12.0 Å². The zero-order valence-corrected chi connectivity index (χ0v) is 12.6. The molecule has 0 bridgehead atoms. The van der Waals surface area contributed by atoms with Crippen LogP contribution in [0.1, 0.15) is 24.8 Å². The Morgan fingerprint density at radius 1 is 1.45 bits per heavy atom. The van der Waals surface area contributed by atoms with Crippen molar-refractivity contribution >= 4 is 23.5 Å². The number of carbonyl (C=O) groups excluding carboxylic acids is 1. The van der Waals surface area contributed by atoms with Crippen LogP contribution in [0, 0.1) is 0 Å². The Morgan fingerprint density at radius 3 is 2.60 bits per heavy atom. The van der Waals surface area contributed by atoms with Gasteiger partial charge >= 0.3 is 0 Å². The number of rotatable bonds is 7. The van der Waals surface area contributed by atoms with Crippen molar-refractivity contribution in [3.63, 3.8) is 0 Å². The van der Waals surface area contributed by atoms with Crippen LogP contribution >= 0.6 is 11.8 Å². The van der Waals surface area contributed by atoms with Gasteiger partial charge in [-0.25, -0.2) is 0 Å². The fraction of sp³-hybridized carbons (Fsp3) is 0.429. The fourth-order valence-electron chi connectivity index (χ4n) is 1.91. The quantitative estimate of drug-likeness (QED) is 0.310. The van der Waals surface area contributed by atoms with Gasteiger partial charge < -0.3 is 16.3 Å². The highest BCUT2D eigenvalue weighted by molar-refractivity contribution is 7.98. The average Bonchev–Trinajstić information content (AvgIpc) is 2.47. The summed E-state index contributed by atoms with van der Waals surface area (Å²) in [5, 5.41) is 14.8. The van der Waals surface area contributed by atoms with Crippen LogP contribution < -0.4 is 11.1 Å². The van der Waals surface area contributed by atoms with Gasteiger partial charge in [-0.15, -0.1) is 0 Å². The summed E-state index contributed by atoms with van der Waals surface area (Å²) < 4.78 is 0. The number of amides is 1. The monoisotopic (exact) mass is 295 g/mol. The van der Waals surface area contributed by atoms with E-state index in [1.165, 1.54) is 0 Å². The number of benzene rings is 1. The molecule has 0 aromatic heterocycles. The number of oxime groups is 1. The van der Waals surface area contributed by atoms with E-state index >= 15 is 0 Å². The third kappa shape index (κ3) is 4.45. The first kappa shape index (κ1) is 16.4. The Labute approximate surface area is 123 Å². The Bertz CT molecular complexity index is 451. The molecule has 0 heterocycles. The van der Waals surface area contributed by atoms with Gasteiger partial charge in [0.1, 0.15) is 5.92 Å². The molecule has 1 amide bonds. The number of amidine groups is 1. The maximum Gasteiger partial charge on any atom is 0.235 e. The molecule has 0 aliphatic rings. The molecule has 0 saturated heterocycles. The van der Waals surface area contributed by atoms with E-state index < -0.39 is 5.92 Å². The third-order valence-electron chi connectivity index (χ3n) is 3.01. The molecule has 1 rings (SSSR count). The van der Waals surface area contributed by atoms with Crippen molar-refractivity contribution in [2.45, 2.75) is 25.3 Å². The molecule has 0 radical (unpaired) electrons. The summed E-state index contributed by atoms with van der Waals surface area (Å²) >= 11 is 1.67. The minimum atomic E-state index is -0.767. The summed E-state index contributed by atoms with van der Waals surface area (Å²) in [5.74, 6) is -0.280. The van der Waals surface area contributed by atoms with Gasteiger partial charge in [-0.1, -0.05) is 42.4 Å². The molecule has 110 valence electrons. The Balaban J connectivity index is 2.92. The summed E-state index contributed by atoms with van der Waals surface area (Å²) in [6.45, 7) is 2.02. The van der Waals surface area contributed by atoms with Crippen molar-refractivity contribution in [2.24, 2.45) is 10.9 Å². The van der Waals surface area contributed by atoms with Crippen molar-refractivity contribution < 1.29 is 10.0 Å². The SMILES string of the molecule is CCC(CSC)NC(=O)C(/C(N)=N/O)c1ccccc1. The first-order valence-electron chi connectivity index (χ1n) is 6.45. The lowest BCUT2D eigenvalue weighted by Crippen LogP contribution is -2.43. The zero-order valence-electron chi connectivity index (χ0n) is 11.7. The summed E-state index contributed by atoms with van der Waals surface area (Å²) in [7, 11) is 0. The van der Waals surface area contributed by atoms with Crippen LogP contribution in [0.25, 0.3) is 0 Å². The molecule has 0 aliphatic heterocycles. The van der Waals surface area contributed by atoms with Gasteiger partial charge in [-0.05, 0) is 18.2 Å². The Morgan fingerprint density at radius 2 is 2.10 bits per heavy atom. The molecule has 1 aromatic carbocycles. The highest BCUT2D eigenvalue weighted by Crippen LogP contribution is 2.17. The molecule has 20 heavy (non-hydrogen) atoms. The lowest BCUT2D eigenvalue weighted by atomic mass is 9.96. The van der Waals surface area contributed by atoms with Gasteiger partial charge in [-0.3, -0.25) is 4.79 Å².